The van der Waals surface area contributed by atoms with E-state index in [9.17, 15) is 22.8 Å². The molecule has 0 aliphatic carbocycles. The Morgan fingerprint density at radius 1 is 1.21 bits per heavy atom. The highest BCUT2D eigenvalue weighted by atomic mass is 19.4. The Hall–Kier alpha value is -3.60. The number of halogens is 3. The van der Waals surface area contributed by atoms with Crippen molar-refractivity contribution in [3.8, 4) is 11.6 Å². The maximum absolute atomic E-state index is 12.6. The van der Waals surface area contributed by atoms with Crippen LogP contribution in [0.4, 0.5) is 13.2 Å². The lowest BCUT2D eigenvalue weighted by atomic mass is 10.1. The van der Waals surface area contributed by atoms with Crippen molar-refractivity contribution in [2.24, 2.45) is 0 Å². The number of alkyl halides is 3. The monoisotopic (exact) mass is 478 g/mol. The van der Waals surface area contributed by atoms with Crippen LogP contribution in [-0.2, 0) is 15.7 Å². The average molecular weight is 478 g/mol. The van der Waals surface area contributed by atoms with Gasteiger partial charge in [-0.1, -0.05) is 0 Å². The fourth-order valence-electron chi connectivity index (χ4n) is 3.49. The number of carbonyl (C=O) groups excluding carboxylic acids is 1. The predicted octanol–water partition coefficient (Wildman–Crippen LogP) is 3.20. The minimum absolute atomic E-state index is 0.0199. The molecular formula is C23H21F3N2O6. The molecule has 1 aliphatic rings. The Bertz CT molecular complexity index is 1230. The molecule has 1 unspecified atom stereocenters. The quantitative estimate of drug-likeness (QED) is 0.503. The van der Waals surface area contributed by atoms with Crippen molar-refractivity contribution >= 4 is 16.9 Å². The van der Waals surface area contributed by atoms with Gasteiger partial charge in [0.05, 0.1) is 18.7 Å². The zero-order valence-electron chi connectivity index (χ0n) is 18.1. The van der Waals surface area contributed by atoms with E-state index in [1.165, 1.54) is 6.07 Å². The van der Waals surface area contributed by atoms with Crippen molar-refractivity contribution in [3.05, 3.63) is 64.1 Å². The van der Waals surface area contributed by atoms with E-state index < -0.39 is 23.5 Å². The van der Waals surface area contributed by atoms with Gasteiger partial charge in [0.1, 0.15) is 24.0 Å². The number of pyridine rings is 1. The second kappa shape index (κ2) is 9.72. The van der Waals surface area contributed by atoms with E-state index in [1.54, 1.807) is 30.0 Å². The lowest BCUT2D eigenvalue weighted by molar-refractivity contribution is -0.142. The highest BCUT2D eigenvalue weighted by Gasteiger charge is 2.31. The first kappa shape index (κ1) is 23.6. The van der Waals surface area contributed by atoms with Crippen molar-refractivity contribution in [1.82, 2.24) is 9.88 Å². The van der Waals surface area contributed by atoms with Gasteiger partial charge in [0.15, 0.2) is 6.61 Å². The van der Waals surface area contributed by atoms with Crippen LogP contribution in [0.15, 0.2) is 51.8 Å². The number of aromatic nitrogens is 1. The van der Waals surface area contributed by atoms with Crippen LogP contribution in [0, 0.1) is 6.92 Å². The number of carbonyl (C=O) groups is 1. The summed E-state index contributed by atoms with van der Waals surface area (Å²) in [5, 5.41) is 0.775. The number of benzene rings is 1. The Kier molecular flexibility index (Phi) is 6.73. The van der Waals surface area contributed by atoms with E-state index in [0.29, 0.717) is 24.1 Å². The molecule has 2 aromatic heterocycles. The summed E-state index contributed by atoms with van der Waals surface area (Å²) in [5.41, 5.74) is -0.183. The third-order valence-corrected chi connectivity index (χ3v) is 5.26. The molecule has 0 radical (unpaired) electrons. The molecule has 3 heterocycles. The number of nitrogens with zero attached hydrogens (tertiary/aromatic N) is 2. The van der Waals surface area contributed by atoms with Crippen molar-refractivity contribution in [2.45, 2.75) is 19.2 Å². The van der Waals surface area contributed by atoms with Crippen LogP contribution in [0.5, 0.6) is 11.6 Å². The molecule has 1 aromatic carbocycles. The van der Waals surface area contributed by atoms with Crippen LogP contribution in [0.2, 0.25) is 0 Å². The second-order valence-corrected chi connectivity index (χ2v) is 7.72. The molecule has 34 heavy (non-hydrogen) atoms. The topological polar surface area (TPSA) is 91.1 Å². The number of hydrogen-bond donors (Lipinski definition) is 0. The minimum atomic E-state index is -4.47. The van der Waals surface area contributed by atoms with Gasteiger partial charge in [-0.15, -0.1) is 0 Å². The minimum Gasteiger partial charge on any atom is -0.484 e. The molecule has 3 aromatic rings. The van der Waals surface area contributed by atoms with Gasteiger partial charge in [0.25, 0.3) is 5.91 Å². The standard InChI is InChI=1S/C23H21F3N2O6/c1-14-8-22(30)34-19-9-16(3-4-18(14)19)32-13-21(29)28-6-7-31-17(11-28)12-33-20-5-2-15(10-27-20)23(24,25)26/h2-5,8-10,17H,6-7,11-13H2,1H3. The van der Waals surface area contributed by atoms with E-state index in [4.69, 9.17) is 18.6 Å². The number of morpholine rings is 1. The van der Waals surface area contributed by atoms with Crippen LogP contribution in [0.3, 0.4) is 0 Å². The van der Waals surface area contributed by atoms with Crippen molar-refractivity contribution in [1.29, 1.82) is 0 Å². The number of fused-ring (bicyclic) bond motifs is 1. The molecule has 4 rings (SSSR count). The summed E-state index contributed by atoms with van der Waals surface area (Å²) in [5.74, 6) is 0.143. The highest BCUT2D eigenvalue weighted by molar-refractivity contribution is 5.81. The Balaban J connectivity index is 1.29. The number of ether oxygens (including phenoxy) is 3. The van der Waals surface area contributed by atoms with Gasteiger partial charge in [-0.25, -0.2) is 9.78 Å². The SMILES string of the molecule is Cc1cc(=O)oc2cc(OCC(=O)N3CCOC(COc4ccc(C(F)(F)F)cn4)C3)ccc12. The van der Waals surface area contributed by atoms with Gasteiger partial charge in [-0.05, 0) is 30.7 Å². The third-order valence-electron chi connectivity index (χ3n) is 5.26. The van der Waals surface area contributed by atoms with Crippen LogP contribution >= 0.6 is 0 Å². The molecule has 0 bridgehead atoms. The lowest BCUT2D eigenvalue weighted by Crippen LogP contribution is -2.49. The van der Waals surface area contributed by atoms with Crippen molar-refractivity contribution in [2.75, 3.05) is 32.9 Å². The molecular weight excluding hydrogens is 457 g/mol. The van der Waals surface area contributed by atoms with Gasteiger partial charge < -0.3 is 23.5 Å². The van der Waals surface area contributed by atoms with Crippen LogP contribution in [0.25, 0.3) is 11.0 Å². The van der Waals surface area contributed by atoms with Crippen LogP contribution in [-0.4, -0.2) is 54.8 Å². The fourth-order valence-corrected chi connectivity index (χ4v) is 3.49. The van der Waals surface area contributed by atoms with E-state index in [1.807, 2.05) is 0 Å². The first-order valence-electron chi connectivity index (χ1n) is 10.4. The summed E-state index contributed by atoms with van der Waals surface area (Å²) >= 11 is 0. The molecule has 1 fully saturated rings. The summed E-state index contributed by atoms with van der Waals surface area (Å²) in [7, 11) is 0. The van der Waals surface area contributed by atoms with Crippen molar-refractivity contribution < 1.29 is 36.6 Å². The molecule has 11 heteroatoms. The summed E-state index contributed by atoms with van der Waals surface area (Å²) in [6.07, 6.45) is -4.25. The van der Waals surface area contributed by atoms with Gasteiger partial charge >= 0.3 is 11.8 Å². The van der Waals surface area contributed by atoms with E-state index in [-0.39, 0.29) is 38.2 Å². The summed E-state index contributed by atoms with van der Waals surface area (Å²) in [6, 6.07) is 8.43. The maximum Gasteiger partial charge on any atom is 0.417 e. The zero-order valence-corrected chi connectivity index (χ0v) is 18.1. The summed E-state index contributed by atoms with van der Waals surface area (Å²) in [6.45, 7) is 2.47. The van der Waals surface area contributed by atoms with Crippen LogP contribution in [0.1, 0.15) is 11.1 Å². The van der Waals surface area contributed by atoms with Crippen LogP contribution < -0.4 is 15.1 Å². The molecule has 0 saturated carbocycles. The highest BCUT2D eigenvalue weighted by Crippen LogP contribution is 2.29. The van der Waals surface area contributed by atoms with E-state index >= 15 is 0 Å². The molecule has 1 atom stereocenters. The zero-order chi connectivity index (χ0) is 24.3. The smallest absolute Gasteiger partial charge is 0.417 e. The normalized spacial score (nSPS) is 16.5. The Morgan fingerprint density at radius 3 is 2.76 bits per heavy atom. The van der Waals surface area contributed by atoms with Gasteiger partial charge in [-0.2, -0.15) is 13.2 Å². The Labute approximate surface area is 191 Å². The molecule has 8 nitrogen and oxygen atoms in total. The number of rotatable bonds is 6. The lowest BCUT2D eigenvalue weighted by Gasteiger charge is -2.32. The molecule has 1 saturated heterocycles. The fraction of sp³-hybridized carbons (Fsp3) is 0.348. The third kappa shape index (κ3) is 5.66. The first-order chi connectivity index (χ1) is 16.2. The molecule has 1 aliphatic heterocycles. The van der Waals surface area contributed by atoms with Gasteiger partial charge in [-0.3, -0.25) is 4.79 Å². The molecule has 1 amide bonds. The van der Waals surface area contributed by atoms with E-state index in [2.05, 4.69) is 4.98 Å². The molecule has 0 spiro atoms. The van der Waals surface area contributed by atoms with E-state index in [0.717, 1.165) is 23.1 Å². The molecule has 180 valence electrons. The molecule has 0 N–H and O–H groups in total. The van der Waals surface area contributed by atoms with Gasteiger partial charge in [0.2, 0.25) is 5.88 Å². The number of amides is 1. The largest absolute Gasteiger partial charge is 0.484 e. The van der Waals surface area contributed by atoms with Crippen molar-refractivity contribution in [3.63, 3.8) is 0 Å². The average Bonchev–Trinajstić information content (AvgIpc) is 2.80. The van der Waals surface area contributed by atoms with Gasteiger partial charge in [0, 0.05) is 36.3 Å². The number of hydrogen-bond acceptors (Lipinski definition) is 7. The Morgan fingerprint density at radius 2 is 2.03 bits per heavy atom. The predicted molar refractivity (Wildman–Crippen MR) is 114 cm³/mol. The summed E-state index contributed by atoms with van der Waals surface area (Å²) < 4.78 is 59.6. The number of aryl methyl sites for hydroxylation is 1. The summed E-state index contributed by atoms with van der Waals surface area (Å²) in [4.78, 5) is 29.4. The second-order valence-electron chi connectivity index (χ2n) is 7.72. The maximum atomic E-state index is 12.6. The first-order valence-corrected chi connectivity index (χ1v) is 10.4.